The number of benzene rings is 1. The topological polar surface area (TPSA) is 54.5 Å². The fraction of sp³-hybridized carbons (Fsp3) is 0.222. The maximum absolute atomic E-state index is 11.9. The molecule has 2 heterocycles. The van der Waals surface area contributed by atoms with E-state index in [1.807, 2.05) is 24.3 Å². The molecule has 1 saturated heterocycles. The summed E-state index contributed by atoms with van der Waals surface area (Å²) in [6.07, 6.45) is 4.77. The smallest absolute Gasteiger partial charge is 0.249 e. The van der Waals surface area contributed by atoms with Gasteiger partial charge in [-0.1, -0.05) is 23.7 Å². The van der Waals surface area contributed by atoms with E-state index in [9.17, 15) is 4.79 Å². The number of aromatic nitrogens is 1. The molecule has 0 aliphatic carbocycles. The normalized spacial score (nSPS) is 14.8. The van der Waals surface area contributed by atoms with E-state index >= 15 is 0 Å². The molecule has 6 heteroatoms. The van der Waals surface area contributed by atoms with E-state index in [2.05, 4.69) is 15.2 Å². The second-order valence-corrected chi connectivity index (χ2v) is 5.75. The predicted molar refractivity (Wildman–Crippen MR) is 96.4 cm³/mol. The summed E-state index contributed by atoms with van der Waals surface area (Å²) in [6, 6.07) is 11.2. The lowest BCUT2D eigenvalue weighted by Crippen LogP contribution is -2.36. The van der Waals surface area contributed by atoms with Gasteiger partial charge < -0.3 is 15.0 Å². The van der Waals surface area contributed by atoms with E-state index in [0.29, 0.717) is 10.8 Å². The Kier molecular flexibility index (Phi) is 5.46. The zero-order chi connectivity index (χ0) is 16.8. The lowest BCUT2D eigenvalue weighted by molar-refractivity contribution is -0.111. The summed E-state index contributed by atoms with van der Waals surface area (Å²) in [7, 11) is 0. The first-order valence-electron chi connectivity index (χ1n) is 7.75. The van der Waals surface area contributed by atoms with Crippen molar-refractivity contribution in [3.63, 3.8) is 0 Å². The molecule has 1 aliphatic rings. The highest BCUT2D eigenvalue weighted by Gasteiger charge is 2.12. The molecule has 0 spiro atoms. The summed E-state index contributed by atoms with van der Waals surface area (Å²) in [5.74, 6) is 0.267. The molecule has 0 unspecified atom stereocenters. The average Bonchev–Trinajstić information content (AvgIpc) is 2.62. The predicted octanol–water partition coefficient (Wildman–Crippen LogP) is 3.22. The molecule has 1 N–H and O–H groups in total. The molecule has 1 aromatic carbocycles. The Labute approximate surface area is 145 Å². The fourth-order valence-electron chi connectivity index (χ4n) is 2.44. The third kappa shape index (κ3) is 4.34. The first-order valence-corrected chi connectivity index (χ1v) is 8.12. The number of pyridine rings is 1. The second-order valence-electron chi connectivity index (χ2n) is 5.34. The van der Waals surface area contributed by atoms with E-state index < -0.39 is 0 Å². The van der Waals surface area contributed by atoms with Crippen LogP contribution in [0.3, 0.4) is 0 Å². The van der Waals surface area contributed by atoms with Crippen molar-refractivity contribution in [3.8, 4) is 0 Å². The van der Waals surface area contributed by atoms with Crippen LogP contribution in [0.1, 0.15) is 5.56 Å². The SMILES string of the molecule is O=C(/C=C/c1ccc(N2CCOCC2)cc1Cl)Nc1ccccn1. The van der Waals surface area contributed by atoms with Crippen molar-refractivity contribution in [3.05, 3.63) is 59.3 Å². The molecule has 1 amide bonds. The van der Waals surface area contributed by atoms with Crippen molar-refractivity contribution in [1.29, 1.82) is 0 Å². The van der Waals surface area contributed by atoms with Gasteiger partial charge in [0.1, 0.15) is 5.82 Å². The molecule has 3 rings (SSSR count). The summed E-state index contributed by atoms with van der Waals surface area (Å²) >= 11 is 6.34. The number of nitrogens with one attached hydrogen (secondary N) is 1. The third-order valence-electron chi connectivity index (χ3n) is 3.69. The van der Waals surface area contributed by atoms with Crippen LogP contribution in [0, 0.1) is 0 Å². The Hall–Kier alpha value is -2.37. The highest BCUT2D eigenvalue weighted by Crippen LogP contribution is 2.25. The molecule has 2 aromatic rings. The number of carbonyl (C=O) groups excluding carboxylic acids is 1. The van der Waals surface area contributed by atoms with Gasteiger partial charge in [-0.3, -0.25) is 4.79 Å². The van der Waals surface area contributed by atoms with Gasteiger partial charge in [0, 0.05) is 36.1 Å². The number of ether oxygens (including phenoxy) is 1. The van der Waals surface area contributed by atoms with Crippen molar-refractivity contribution >= 4 is 35.1 Å². The maximum atomic E-state index is 11.9. The van der Waals surface area contributed by atoms with Crippen molar-refractivity contribution in [1.82, 2.24) is 4.98 Å². The van der Waals surface area contributed by atoms with E-state index in [1.54, 1.807) is 24.4 Å². The van der Waals surface area contributed by atoms with Crippen molar-refractivity contribution < 1.29 is 9.53 Å². The summed E-state index contributed by atoms with van der Waals surface area (Å²) in [4.78, 5) is 18.2. The molecule has 1 aromatic heterocycles. The minimum Gasteiger partial charge on any atom is -0.378 e. The zero-order valence-electron chi connectivity index (χ0n) is 13.1. The molecule has 0 saturated carbocycles. The summed E-state index contributed by atoms with van der Waals surface area (Å²) < 4.78 is 5.35. The van der Waals surface area contributed by atoms with Crippen LogP contribution in [-0.2, 0) is 9.53 Å². The number of halogens is 1. The molecule has 0 atom stereocenters. The third-order valence-corrected chi connectivity index (χ3v) is 4.02. The number of amides is 1. The molecule has 1 fully saturated rings. The Balaban J connectivity index is 1.65. The van der Waals surface area contributed by atoms with Gasteiger partial charge in [-0.05, 0) is 35.9 Å². The van der Waals surface area contributed by atoms with Crippen LogP contribution < -0.4 is 10.2 Å². The van der Waals surface area contributed by atoms with Gasteiger partial charge in [-0.2, -0.15) is 0 Å². The second kappa shape index (κ2) is 7.95. The summed E-state index contributed by atoms with van der Waals surface area (Å²) in [5.41, 5.74) is 1.86. The van der Waals surface area contributed by atoms with Gasteiger partial charge in [0.05, 0.1) is 13.2 Å². The van der Waals surface area contributed by atoms with Crippen LogP contribution in [0.15, 0.2) is 48.7 Å². The van der Waals surface area contributed by atoms with Crippen LogP contribution in [0.4, 0.5) is 11.5 Å². The quantitative estimate of drug-likeness (QED) is 0.866. The molecule has 124 valence electrons. The van der Waals surface area contributed by atoms with Crippen LogP contribution in [0.25, 0.3) is 6.08 Å². The first-order chi connectivity index (χ1) is 11.7. The number of hydrogen-bond donors (Lipinski definition) is 1. The van der Waals surface area contributed by atoms with Crippen LogP contribution in [-0.4, -0.2) is 37.2 Å². The Bertz CT molecular complexity index is 728. The lowest BCUT2D eigenvalue weighted by Gasteiger charge is -2.29. The summed E-state index contributed by atoms with van der Waals surface area (Å²) in [6.45, 7) is 3.18. The standard InChI is InChI=1S/C18H18ClN3O2/c19-16-13-15(22-9-11-24-12-10-22)6-4-14(16)5-7-18(23)21-17-3-1-2-8-20-17/h1-8,13H,9-12H2,(H,20,21,23)/b7-5+. The van der Waals surface area contributed by atoms with E-state index in [4.69, 9.17) is 16.3 Å². The van der Waals surface area contributed by atoms with Crippen LogP contribution >= 0.6 is 11.6 Å². The van der Waals surface area contributed by atoms with Gasteiger partial charge in [-0.15, -0.1) is 0 Å². The van der Waals surface area contributed by atoms with Gasteiger partial charge in [0.25, 0.3) is 0 Å². The largest absolute Gasteiger partial charge is 0.378 e. The molecule has 5 nitrogen and oxygen atoms in total. The average molecular weight is 344 g/mol. The molecular weight excluding hydrogens is 326 g/mol. The van der Waals surface area contributed by atoms with Gasteiger partial charge >= 0.3 is 0 Å². The van der Waals surface area contributed by atoms with Crippen molar-refractivity contribution in [2.75, 3.05) is 36.5 Å². The first kappa shape index (κ1) is 16.5. The number of rotatable bonds is 4. The van der Waals surface area contributed by atoms with E-state index in [1.165, 1.54) is 6.08 Å². The maximum Gasteiger partial charge on any atom is 0.249 e. The number of hydrogen-bond acceptors (Lipinski definition) is 4. The van der Waals surface area contributed by atoms with Gasteiger partial charge in [0.15, 0.2) is 0 Å². The van der Waals surface area contributed by atoms with Crippen LogP contribution in [0.2, 0.25) is 5.02 Å². The highest BCUT2D eigenvalue weighted by molar-refractivity contribution is 6.32. The fourth-order valence-corrected chi connectivity index (χ4v) is 2.68. The molecule has 0 radical (unpaired) electrons. The molecule has 1 aliphatic heterocycles. The lowest BCUT2D eigenvalue weighted by atomic mass is 10.1. The van der Waals surface area contributed by atoms with Crippen molar-refractivity contribution in [2.24, 2.45) is 0 Å². The molecule has 24 heavy (non-hydrogen) atoms. The van der Waals surface area contributed by atoms with E-state index in [0.717, 1.165) is 37.6 Å². The minimum atomic E-state index is -0.248. The Morgan fingerprint density at radius 3 is 2.79 bits per heavy atom. The Morgan fingerprint density at radius 2 is 2.08 bits per heavy atom. The molecule has 0 bridgehead atoms. The zero-order valence-corrected chi connectivity index (χ0v) is 13.9. The number of morpholine rings is 1. The minimum absolute atomic E-state index is 0.248. The number of anilines is 2. The summed E-state index contributed by atoms with van der Waals surface area (Å²) in [5, 5.41) is 3.30. The number of carbonyl (C=O) groups is 1. The van der Waals surface area contributed by atoms with Crippen LogP contribution in [0.5, 0.6) is 0 Å². The van der Waals surface area contributed by atoms with Gasteiger partial charge in [0.2, 0.25) is 5.91 Å². The molecular formula is C18H18ClN3O2. The number of nitrogens with zero attached hydrogens (tertiary/aromatic N) is 2. The van der Waals surface area contributed by atoms with Crippen molar-refractivity contribution in [2.45, 2.75) is 0 Å². The Morgan fingerprint density at radius 1 is 1.25 bits per heavy atom. The van der Waals surface area contributed by atoms with Gasteiger partial charge in [-0.25, -0.2) is 4.98 Å². The van der Waals surface area contributed by atoms with E-state index in [-0.39, 0.29) is 5.91 Å². The monoisotopic (exact) mass is 343 g/mol. The highest BCUT2D eigenvalue weighted by atomic mass is 35.5.